The summed E-state index contributed by atoms with van der Waals surface area (Å²) in [6.45, 7) is 2.00. The van der Waals surface area contributed by atoms with E-state index in [0.717, 1.165) is 12.8 Å². The Hall–Kier alpha value is -0.110. The van der Waals surface area contributed by atoms with Crippen LogP contribution in [0.15, 0.2) is 0 Å². The summed E-state index contributed by atoms with van der Waals surface area (Å²) in [7, 11) is 1.94. The van der Waals surface area contributed by atoms with E-state index in [9.17, 15) is 4.39 Å². The normalized spacial score (nSPS) is 42.3. The highest BCUT2D eigenvalue weighted by Crippen LogP contribution is 2.36. The van der Waals surface area contributed by atoms with Crippen molar-refractivity contribution in [2.24, 2.45) is 5.92 Å². The lowest BCUT2D eigenvalue weighted by molar-refractivity contribution is 0.106. The van der Waals surface area contributed by atoms with Crippen LogP contribution in [0.4, 0.5) is 4.39 Å². The second-order valence-corrected chi connectivity index (χ2v) is 3.24. The number of halogens is 1. The van der Waals surface area contributed by atoms with E-state index in [1.807, 2.05) is 7.05 Å². The third kappa shape index (κ3) is 1.23. The highest BCUT2D eigenvalue weighted by atomic mass is 19.1. The molecular weight excluding hydrogens is 117 g/mol. The number of hydrogen-bond donors (Lipinski definition) is 1. The van der Waals surface area contributed by atoms with Crippen LogP contribution in [0.3, 0.4) is 0 Å². The van der Waals surface area contributed by atoms with Crippen molar-refractivity contribution in [3.8, 4) is 0 Å². The molecule has 1 N–H and O–H groups in total. The lowest BCUT2D eigenvalue weighted by Gasteiger charge is -2.44. The first-order valence-electron chi connectivity index (χ1n) is 3.45. The predicted octanol–water partition coefficient (Wildman–Crippen LogP) is 1.34. The maximum absolute atomic E-state index is 11.9. The molecule has 0 amide bonds. The molecule has 9 heavy (non-hydrogen) atoms. The Morgan fingerprint density at radius 1 is 1.67 bits per heavy atom. The lowest BCUT2D eigenvalue weighted by Crippen LogP contribution is -2.51. The third-order valence-corrected chi connectivity index (χ3v) is 2.30. The van der Waals surface area contributed by atoms with Gasteiger partial charge in [-0.15, -0.1) is 0 Å². The van der Waals surface area contributed by atoms with Crippen LogP contribution < -0.4 is 5.32 Å². The van der Waals surface area contributed by atoms with Crippen molar-refractivity contribution in [1.82, 2.24) is 5.32 Å². The van der Waals surface area contributed by atoms with Crippen LogP contribution in [-0.4, -0.2) is 19.3 Å². The molecule has 0 aromatic heterocycles. The van der Waals surface area contributed by atoms with Gasteiger partial charge >= 0.3 is 0 Å². The van der Waals surface area contributed by atoms with Gasteiger partial charge in [0.25, 0.3) is 0 Å². The highest BCUT2D eigenvalue weighted by Gasteiger charge is 2.38. The summed E-state index contributed by atoms with van der Waals surface area (Å²) < 4.78 is 11.9. The summed E-state index contributed by atoms with van der Waals surface area (Å²) in [6, 6.07) is 0. The second kappa shape index (κ2) is 2.25. The Balaban J connectivity index is 2.24. The van der Waals surface area contributed by atoms with Gasteiger partial charge in [0.2, 0.25) is 0 Å². The molecule has 1 fully saturated rings. The van der Waals surface area contributed by atoms with Crippen molar-refractivity contribution >= 4 is 0 Å². The number of hydrogen-bond acceptors (Lipinski definition) is 1. The van der Waals surface area contributed by atoms with Gasteiger partial charge in [-0.1, -0.05) is 0 Å². The van der Waals surface area contributed by atoms with E-state index in [1.54, 1.807) is 0 Å². The average Bonchev–Trinajstić information content (AvgIpc) is 1.81. The van der Waals surface area contributed by atoms with Crippen molar-refractivity contribution in [2.45, 2.75) is 25.3 Å². The molecule has 54 valence electrons. The van der Waals surface area contributed by atoms with Crippen LogP contribution in [0, 0.1) is 5.92 Å². The molecular formula is C7H14FN. The molecule has 0 unspecified atom stereocenters. The first kappa shape index (κ1) is 7.00. The number of alkyl halides is 1. The summed E-state index contributed by atoms with van der Waals surface area (Å²) in [5, 5.41) is 3.18. The minimum atomic E-state index is -0.142. The zero-order chi connectivity index (χ0) is 6.91. The van der Waals surface area contributed by atoms with Gasteiger partial charge in [0, 0.05) is 5.54 Å². The van der Waals surface area contributed by atoms with E-state index in [1.165, 1.54) is 0 Å². The van der Waals surface area contributed by atoms with Crippen LogP contribution in [0.1, 0.15) is 19.8 Å². The van der Waals surface area contributed by atoms with Gasteiger partial charge in [-0.05, 0) is 32.7 Å². The molecule has 0 saturated heterocycles. The van der Waals surface area contributed by atoms with E-state index in [2.05, 4.69) is 12.2 Å². The molecule has 0 radical (unpaired) electrons. The first-order chi connectivity index (χ1) is 4.20. The molecule has 0 atom stereocenters. The molecule has 0 heterocycles. The Kier molecular flexibility index (Phi) is 1.75. The van der Waals surface area contributed by atoms with Gasteiger partial charge in [-0.2, -0.15) is 0 Å². The SMILES string of the molecule is CNC1(C)CC(CF)C1. The van der Waals surface area contributed by atoms with E-state index >= 15 is 0 Å². The zero-order valence-corrected chi connectivity index (χ0v) is 6.08. The average molecular weight is 131 g/mol. The summed E-state index contributed by atoms with van der Waals surface area (Å²) >= 11 is 0. The van der Waals surface area contributed by atoms with Crippen molar-refractivity contribution in [2.75, 3.05) is 13.7 Å². The third-order valence-electron chi connectivity index (χ3n) is 2.30. The Bertz CT molecular complexity index is 97.1. The molecule has 1 nitrogen and oxygen atoms in total. The van der Waals surface area contributed by atoms with Crippen LogP contribution in [-0.2, 0) is 0 Å². The first-order valence-corrected chi connectivity index (χ1v) is 3.45. The molecule has 0 spiro atoms. The maximum Gasteiger partial charge on any atom is 0.0923 e. The summed E-state index contributed by atoms with van der Waals surface area (Å²) in [5.41, 5.74) is 0.247. The molecule has 0 aromatic rings. The van der Waals surface area contributed by atoms with Gasteiger partial charge in [-0.3, -0.25) is 4.39 Å². The van der Waals surface area contributed by atoms with Gasteiger partial charge in [0.05, 0.1) is 6.67 Å². The van der Waals surface area contributed by atoms with Gasteiger partial charge in [0.1, 0.15) is 0 Å². The summed E-state index contributed by atoms with van der Waals surface area (Å²) in [4.78, 5) is 0. The Morgan fingerprint density at radius 3 is 2.56 bits per heavy atom. The van der Waals surface area contributed by atoms with Gasteiger partial charge < -0.3 is 5.32 Å². The van der Waals surface area contributed by atoms with Gasteiger partial charge in [0.15, 0.2) is 0 Å². The minimum Gasteiger partial charge on any atom is -0.315 e. The van der Waals surface area contributed by atoms with Crippen molar-refractivity contribution in [1.29, 1.82) is 0 Å². The van der Waals surface area contributed by atoms with E-state index < -0.39 is 0 Å². The monoisotopic (exact) mass is 131 g/mol. The fourth-order valence-corrected chi connectivity index (χ4v) is 1.53. The van der Waals surface area contributed by atoms with E-state index in [4.69, 9.17) is 0 Å². The van der Waals surface area contributed by atoms with Crippen LogP contribution in [0.5, 0.6) is 0 Å². The minimum absolute atomic E-state index is 0.142. The highest BCUT2D eigenvalue weighted by molar-refractivity contribution is 4.95. The van der Waals surface area contributed by atoms with E-state index in [0.29, 0.717) is 5.92 Å². The molecule has 1 aliphatic rings. The molecule has 0 bridgehead atoms. The predicted molar refractivity (Wildman–Crippen MR) is 36.2 cm³/mol. The van der Waals surface area contributed by atoms with Crippen LogP contribution in [0.25, 0.3) is 0 Å². The fraction of sp³-hybridized carbons (Fsp3) is 1.00. The second-order valence-electron chi connectivity index (χ2n) is 3.24. The molecule has 1 aliphatic carbocycles. The topological polar surface area (TPSA) is 12.0 Å². The smallest absolute Gasteiger partial charge is 0.0923 e. The standard InChI is InChI=1S/C7H14FN/c1-7(9-2)3-6(4-7)5-8/h6,9H,3-5H2,1-2H3. The van der Waals surface area contributed by atoms with Crippen molar-refractivity contribution in [3.05, 3.63) is 0 Å². The molecule has 0 aliphatic heterocycles. The zero-order valence-electron chi connectivity index (χ0n) is 6.08. The summed E-state index contributed by atoms with van der Waals surface area (Å²) in [6.07, 6.45) is 2.00. The van der Waals surface area contributed by atoms with Crippen molar-refractivity contribution in [3.63, 3.8) is 0 Å². The lowest BCUT2D eigenvalue weighted by atomic mass is 9.70. The maximum atomic E-state index is 11.9. The number of rotatable bonds is 2. The fourth-order valence-electron chi connectivity index (χ4n) is 1.53. The Morgan fingerprint density at radius 2 is 2.22 bits per heavy atom. The Labute approximate surface area is 55.6 Å². The molecule has 2 heteroatoms. The van der Waals surface area contributed by atoms with E-state index in [-0.39, 0.29) is 12.2 Å². The van der Waals surface area contributed by atoms with Crippen molar-refractivity contribution < 1.29 is 4.39 Å². The summed E-state index contributed by atoms with van der Waals surface area (Å²) in [5.74, 6) is 0.336. The quantitative estimate of drug-likeness (QED) is 0.596. The molecule has 1 rings (SSSR count). The van der Waals surface area contributed by atoms with Gasteiger partial charge in [-0.25, -0.2) is 0 Å². The van der Waals surface area contributed by atoms with Crippen LogP contribution in [0.2, 0.25) is 0 Å². The van der Waals surface area contributed by atoms with Crippen LogP contribution >= 0.6 is 0 Å². The molecule has 0 aromatic carbocycles. The largest absolute Gasteiger partial charge is 0.315 e. The number of nitrogens with one attached hydrogen (secondary N) is 1. The molecule has 1 saturated carbocycles.